The lowest BCUT2D eigenvalue weighted by Gasteiger charge is -2.34. The zero-order valence-electron chi connectivity index (χ0n) is 14.4. The fraction of sp³-hybridized carbons (Fsp3) is 0.588. The molecule has 8 heteroatoms. The van der Waals surface area contributed by atoms with E-state index < -0.39 is 0 Å². The number of aryl methyl sites for hydroxylation is 1. The van der Waals surface area contributed by atoms with Crippen molar-refractivity contribution >= 4 is 29.7 Å². The van der Waals surface area contributed by atoms with Crippen LogP contribution in [0.15, 0.2) is 22.0 Å². The molecule has 0 spiro atoms. The predicted octanol–water partition coefficient (Wildman–Crippen LogP) is 3.13. The summed E-state index contributed by atoms with van der Waals surface area (Å²) < 4.78 is 5.27. The van der Waals surface area contributed by atoms with Crippen LogP contribution in [0.4, 0.5) is 0 Å². The van der Waals surface area contributed by atoms with Gasteiger partial charge < -0.3 is 15.2 Å². The van der Waals surface area contributed by atoms with Gasteiger partial charge in [-0.3, -0.25) is 4.79 Å². The summed E-state index contributed by atoms with van der Waals surface area (Å²) in [6.07, 6.45) is 4.04. The largest absolute Gasteiger partial charge is 0.342 e. The third kappa shape index (κ3) is 5.26. The number of likely N-dealkylation sites (tertiary alicyclic amines) is 1. The number of rotatable bonds is 6. The van der Waals surface area contributed by atoms with Crippen molar-refractivity contribution in [2.75, 3.05) is 13.1 Å². The highest BCUT2D eigenvalue weighted by Crippen LogP contribution is 2.22. The minimum Gasteiger partial charge on any atom is -0.342 e. The summed E-state index contributed by atoms with van der Waals surface area (Å²) in [5.74, 6) is 1.85. The Bertz CT molecular complexity index is 659. The number of nitrogens with two attached hydrogens (primary N) is 1. The molecule has 6 nitrogen and oxygen atoms in total. The highest BCUT2D eigenvalue weighted by molar-refractivity contribution is 7.13. The van der Waals surface area contributed by atoms with E-state index in [1.165, 1.54) is 0 Å². The van der Waals surface area contributed by atoms with Crippen LogP contribution >= 0.6 is 23.7 Å². The van der Waals surface area contributed by atoms with Crippen LogP contribution in [0.25, 0.3) is 10.7 Å². The molecule has 138 valence electrons. The summed E-state index contributed by atoms with van der Waals surface area (Å²) in [5.41, 5.74) is 5.98. The molecule has 0 saturated carbocycles. The van der Waals surface area contributed by atoms with Gasteiger partial charge in [-0.1, -0.05) is 11.2 Å². The Kier molecular flexibility index (Phi) is 7.40. The van der Waals surface area contributed by atoms with Gasteiger partial charge in [0.15, 0.2) is 0 Å². The fourth-order valence-corrected chi connectivity index (χ4v) is 3.73. The van der Waals surface area contributed by atoms with Crippen molar-refractivity contribution in [3.05, 3.63) is 23.4 Å². The maximum Gasteiger partial charge on any atom is 0.226 e. The number of carbonyl (C=O) groups is 1. The van der Waals surface area contributed by atoms with Crippen LogP contribution < -0.4 is 5.73 Å². The highest BCUT2D eigenvalue weighted by atomic mass is 35.5. The molecule has 2 atom stereocenters. The summed E-state index contributed by atoms with van der Waals surface area (Å²) in [5, 5.41) is 5.97. The van der Waals surface area contributed by atoms with E-state index in [0.717, 1.165) is 37.2 Å². The van der Waals surface area contributed by atoms with Crippen LogP contribution in [-0.4, -0.2) is 40.1 Å². The number of amides is 1. The lowest BCUT2D eigenvalue weighted by molar-refractivity contribution is -0.133. The third-order valence-corrected chi connectivity index (χ3v) is 5.41. The molecular formula is C17H25ClN4O2S. The first-order valence-corrected chi connectivity index (χ1v) is 9.41. The SMILES string of the molecule is CC(N)C1CCCN(C(=O)CCCc2nc(-c3cccs3)no2)C1.Cl. The second kappa shape index (κ2) is 9.31. The van der Waals surface area contributed by atoms with Gasteiger partial charge in [0.2, 0.25) is 17.6 Å². The maximum absolute atomic E-state index is 12.4. The molecule has 1 aliphatic heterocycles. The monoisotopic (exact) mass is 384 g/mol. The van der Waals surface area contributed by atoms with E-state index in [2.05, 4.69) is 10.1 Å². The van der Waals surface area contributed by atoms with Gasteiger partial charge in [0, 0.05) is 32.0 Å². The van der Waals surface area contributed by atoms with Crippen molar-refractivity contribution in [3.63, 3.8) is 0 Å². The van der Waals surface area contributed by atoms with Gasteiger partial charge in [0.25, 0.3) is 0 Å². The zero-order chi connectivity index (χ0) is 16.9. The number of hydrogen-bond acceptors (Lipinski definition) is 6. The van der Waals surface area contributed by atoms with Crippen LogP contribution in [-0.2, 0) is 11.2 Å². The molecule has 0 aliphatic carbocycles. The normalized spacial score (nSPS) is 18.6. The van der Waals surface area contributed by atoms with E-state index in [-0.39, 0.29) is 24.4 Å². The van der Waals surface area contributed by atoms with Crippen molar-refractivity contribution in [2.45, 2.75) is 45.1 Å². The molecule has 3 heterocycles. The minimum atomic E-state index is 0. The number of halogens is 1. The first kappa shape index (κ1) is 19.9. The zero-order valence-corrected chi connectivity index (χ0v) is 16.0. The van der Waals surface area contributed by atoms with Gasteiger partial charge >= 0.3 is 0 Å². The molecule has 2 aromatic heterocycles. The Morgan fingerprint density at radius 3 is 3.12 bits per heavy atom. The van der Waals surface area contributed by atoms with Crippen molar-refractivity contribution in [3.8, 4) is 10.7 Å². The molecule has 1 aliphatic rings. The third-order valence-electron chi connectivity index (χ3n) is 4.55. The summed E-state index contributed by atoms with van der Waals surface area (Å²) in [4.78, 5) is 19.7. The molecule has 3 rings (SSSR count). The molecule has 0 aromatic carbocycles. The van der Waals surface area contributed by atoms with Gasteiger partial charge in [0.05, 0.1) is 4.88 Å². The second-order valence-electron chi connectivity index (χ2n) is 6.44. The Morgan fingerprint density at radius 2 is 2.40 bits per heavy atom. The average molecular weight is 385 g/mol. The smallest absolute Gasteiger partial charge is 0.226 e. The summed E-state index contributed by atoms with van der Waals surface area (Å²) in [6.45, 7) is 3.67. The number of nitrogens with zero attached hydrogens (tertiary/aromatic N) is 3. The molecule has 2 aromatic rings. The number of thiophene rings is 1. The number of piperidine rings is 1. The number of hydrogen-bond donors (Lipinski definition) is 1. The van der Waals surface area contributed by atoms with Crippen LogP contribution in [0.2, 0.25) is 0 Å². The maximum atomic E-state index is 12.4. The van der Waals surface area contributed by atoms with E-state index in [1.54, 1.807) is 11.3 Å². The molecule has 0 radical (unpaired) electrons. The van der Waals surface area contributed by atoms with Gasteiger partial charge in [-0.2, -0.15) is 4.98 Å². The molecular weight excluding hydrogens is 360 g/mol. The minimum absolute atomic E-state index is 0. The Labute approximate surface area is 158 Å². The molecule has 1 saturated heterocycles. The molecule has 0 bridgehead atoms. The molecule has 25 heavy (non-hydrogen) atoms. The van der Waals surface area contributed by atoms with Crippen LogP contribution in [0.5, 0.6) is 0 Å². The van der Waals surface area contributed by atoms with Crippen LogP contribution in [0.1, 0.15) is 38.5 Å². The summed E-state index contributed by atoms with van der Waals surface area (Å²) >= 11 is 1.58. The number of carbonyl (C=O) groups excluding carboxylic acids is 1. The van der Waals surface area contributed by atoms with E-state index in [9.17, 15) is 4.79 Å². The molecule has 1 amide bonds. The first-order chi connectivity index (χ1) is 11.6. The van der Waals surface area contributed by atoms with Gasteiger partial charge in [-0.15, -0.1) is 23.7 Å². The Hall–Kier alpha value is -1.44. The van der Waals surface area contributed by atoms with Crippen molar-refractivity contribution in [2.24, 2.45) is 11.7 Å². The van der Waals surface area contributed by atoms with E-state index >= 15 is 0 Å². The van der Waals surface area contributed by atoms with Crippen LogP contribution in [0.3, 0.4) is 0 Å². The Morgan fingerprint density at radius 1 is 1.56 bits per heavy atom. The highest BCUT2D eigenvalue weighted by Gasteiger charge is 2.25. The Balaban J connectivity index is 0.00000225. The second-order valence-corrected chi connectivity index (χ2v) is 7.39. The fourth-order valence-electron chi connectivity index (χ4n) is 3.08. The first-order valence-electron chi connectivity index (χ1n) is 8.53. The lowest BCUT2D eigenvalue weighted by atomic mass is 9.92. The standard InChI is InChI=1S/C17H24N4O2S.ClH/c1-12(18)13-5-3-9-21(11-13)16(22)8-2-7-15-19-17(20-23-15)14-6-4-10-24-14;/h4,6,10,12-13H,2-3,5,7-9,11,18H2,1H3;1H. The predicted molar refractivity (Wildman–Crippen MR) is 101 cm³/mol. The van der Waals surface area contributed by atoms with Crippen molar-refractivity contribution in [1.82, 2.24) is 15.0 Å². The van der Waals surface area contributed by atoms with E-state index in [0.29, 0.717) is 30.5 Å². The summed E-state index contributed by atoms with van der Waals surface area (Å²) in [6, 6.07) is 4.08. The quantitative estimate of drug-likeness (QED) is 0.826. The average Bonchev–Trinajstić information content (AvgIpc) is 3.26. The lowest BCUT2D eigenvalue weighted by Crippen LogP contribution is -2.45. The molecule has 2 unspecified atom stereocenters. The van der Waals surface area contributed by atoms with Crippen LogP contribution in [0, 0.1) is 5.92 Å². The van der Waals surface area contributed by atoms with Gasteiger partial charge in [-0.05, 0) is 43.6 Å². The molecule has 1 fully saturated rings. The van der Waals surface area contributed by atoms with Gasteiger partial charge in [-0.25, -0.2) is 0 Å². The molecule has 2 N–H and O–H groups in total. The van der Waals surface area contributed by atoms with E-state index in [4.69, 9.17) is 10.3 Å². The van der Waals surface area contributed by atoms with Crippen molar-refractivity contribution < 1.29 is 9.32 Å². The van der Waals surface area contributed by atoms with Gasteiger partial charge in [0.1, 0.15) is 0 Å². The topological polar surface area (TPSA) is 85.2 Å². The number of aromatic nitrogens is 2. The van der Waals surface area contributed by atoms with Crippen molar-refractivity contribution in [1.29, 1.82) is 0 Å². The summed E-state index contributed by atoms with van der Waals surface area (Å²) in [7, 11) is 0. The van der Waals surface area contributed by atoms with E-state index in [1.807, 2.05) is 29.3 Å².